The first-order chi connectivity index (χ1) is 14.7. The van der Waals surface area contributed by atoms with Gasteiger partial charge in [0.05, 0.1) is 11.8 Å². The van der Waals surface area contributed by atoms with Crippen LogP contribution in [0.4, 0.5) is 0 Å². The van der Waals surface area contributed by atoms with E-state index < -0.39 is 10.0 Å². The minimum Gasteiger partial charge on any atom is -0.349 e. The second kappa shape index (κ2) is 10.4. The van der Waals surface area contributed by atoms with Crippen molar-refractivity contribution < 1.29 is 13.2 Å². The lowest BCUT2D eigenvalue weighted by Crippen LogP contribution is -2.44. The van der Waals surface area contributed by atoms with Gasteiger partial charge in [-0.05, 0) is 43.2 Å². The molecule has 1 aliphatic rings. The molecule has 1 unspecified atom stereocenters. The summed E-state index contributed by atoms with van der Waals surface area (Å²) in [4.78, 5) is 13.0. The Bertz CT molecular complexity index is 948. The van der Waals surface area contributed by atoms with Crippen LogP contribution in [0.15, 0.2) is 54.6 Å². The summed E-state index contributed by atoms with van der Waals surface area (Å²) in [6.07, 6.45) is 1.99. The van der Waals surface area contributed by atoms with Crippen LogP contribution < -0.4 is 5.32 Å². The van der Waals surface area contributed by atoms with Gasteiger partial charge in [0.15, 0.2) is 0 Å². The summed E-state index contributed by atoms with van der Waals surface area (Å²) in [5, 5.41) is 3.23. The number of benzene rings is 2. The first-order valence-electron chi connectivity index (χ1n) is 11.1. The van der Waals surface area contributed by atoms with Crippen molar-refractivity contribution in [1.29, 1.82) is 0 Å². The fourth-order valence-electron chi connectivity index (χ4n) is 4.11. The molecule has 2 aromatic carbocycles. The van der Waals surface area contributed by atoms with Gasteiger partial charge in [0.25, 0.3) is 0 Å². The van der Waals surface area contributed by atoms with E-state index in [9.17, 15) is 13.2 Å². The molecule has 1 atom stereocenters. The van der Waals surface area contributed by atoms with Crippen LogP contribution in [-0.2, 0) is 20.6 Å². The monoisotopic (exact) mass is 442 g/mol. The molecule has 6 heteroatoms. The normalized spacial score (nSPS) is 16.9. The van der Waals surface area contributed by atoms with Gasteiger partial charge in [0.2, 0.25) is 15.9 Å². The fourth-order valence-corrected chi connectivity index (χ4v) is 5.67. The summed E-state index contributed by atoms with van der Waals surface area (Å²) in [7, 11) is -3.38. The molecule has 0 aliphatic carbocycles. The first kappa shape index (κ1) is 23.5. The number of carbonyl (C=O) groups excluding carboxylic acids is 1. The quantitative estimate of drug-likeness (QED) is 0.657. The summed E-state index contributed by atoms with van der Waals surface area (Å²) < 4.78 is 27.2. The van der Waals surface area contributed by atoms with Gasteiger partial charge in [-0.2, -0.15) is 0 Å². The molecule has 0 saturated carbocycles. The standard InChI is InChI=1S/C25H34N2O3S/c1-19(2)17-24(22-7-5-4-6-8-22)26-25(28)23-13-15-27(16-14-23)31(29,30)18-21-11-9-20(3)10-12-21/h4-12,19,23-24H,13-18H2,1-3H3,(H,26,28). The Balaban J connectivity index is 1.57. The van der Waals surface area contributed by atoms with Gasteiger partial charge in [-0.3, -0.25) is 4.79 Å². The molecule has 1 fully saturated rings. The minimum atomic E-state index is -3.38. The highest BCUT2D eigenvalue weighted by molar-refractivity contribution is 7.88. The van der Waals surface area contributed by atoms with Crippen LogP contribution in [0.2, 0.25) is 0 Å². The molecule has 0 spiro atoms. The Kier molecular flexibility index (Phi) is 7.89. The van der Waals surface area contributed by atoms with Crippen molar-refractivity contribution in [2.75, 3.05) is 13.1 Å². The minimum absolute atomic E-state index is 0.00854. The van der Waals surface area contributed by atoms with Crippen LogP contribution in [0.5, 0.6) is 0 Å². The van der Waals surface area contributed by atoms with Crippen LogP contribution in [0.3, 0.4) is 0 Å². The molecule has 168 valence electrons. The zero-order chi connectivity index (χ0) is 22.4. The third-order valence-corrected chi connectivity index (χ3v) is 7.76. The number of hydrogen-bond donors (Lipinski definition) is 1. The van der Waals surface area contributed by atoms with Gasteiger partial charge < -0.3 is 5.32 Å². The topological polar surface area (TPSA) is 66.5 Å². The molecule has 0 radical (unpaired) electrons. The van der Waals surface area contributed by atoms with Gasteiger partial charge >= 0.3 is 0 Å². The van der Waals surface area contributed by atoms with Crippen molar-refractivity contribution in [3.05, 3.63) is 71.3 Å². The average molecular weight is 443 g/mol. The van der Waals surface area contributed by atoms with Crippen molar-refractivity contribution in [3.8, 4) is 0 Å². The van der Waals surface area contributed by atoms with Crippen molar-refractivity contribution in [1.82, 2.24) is 9.62 Å². The van der Waals surface area contributed by atoms with Crippen molar-refractivity contribution in [2.45, 2.75) is 51.8 Å². The molecule has 5 nitrogen and oxygen atoms in total. The predicted molar refractivity (Wildman–Crippen MR) is 125 cm³/mol. The number of amides is 1. The SMILES string of the molecule is Cc1ccc(CS(=O)(=O)N2CCC(C(=O)NC(CC(C)C)c3ccccc3)CC2)cc1. The Hall–Kier alpha value is -2.18. The predicted octanol–water partition coefficient (Wildman–Crippen LogP) is 4.44. The van der Waals surface area contributed by atoms with Gasteiger partial charge in [0, 0.05) is 19.0 Å². The van der Waals surface area contributed by atoms with E-state index in [0.29, 0.717) is 31.8 Å². The van der Waals surface area contributed by atoms with Crippen LogP contribution in [0.25, 0.3) is 0 Å². The van der Waals surface area contributed by atoms with Crippen LogP contribution in [0.1, 0.15) is 55.8 Å². The fraction of sp³-hybridized carbons (Fsp3) is 0.480. The summed E-state index contributed by atoms with van der Waals surface area (Å²) in [5.74, 6) is 0.350. The van der Waals surface area contributed by atoms with E-state index in [1.54, 1.807) is 4.31 Å². The van der Waals surface area contributed by atoms with E-state index in [0.717, 1.165) is 23.1 Å². The maximum atomic E-state index is 13.0. The largest absolute Gasteiger partial charge is 0.349 e. The molecular formula is C25H34N2O3S. The van der Waals surface area contributed by atoms with E-state index in [2.05, 4.69) is 19.2 Å². The van der Waals surface area contributed by atoms with Crippen molar-refractivity contribution >= 4 is 15.9 Å². The van der Waals surface area contributed by atoms with Gasteiger partial charge in [0.1, 0.15) is 0 Å². The highest BCUT2D eigenvalue weighted by Crippen LogP contribution is 2.25. The Morgan fingerprint density at radius 3 is 2.23 bits per heavy atom. The maximum absolute atomic E-state index is 13.0. The first-order valence-corrected chi connectivity index (χ1v) is 12.7. The molecule has 1 N–H and O–H groups in total. The van der Waals surface area contributed by atoms with Crippen molar-refractivity contribution in [3.63, 3.8) is 0 Å². The third-order valence-electron chi connectivity index (χ3n) is 5.91. The van der Waals surface area contributed by atoms with Crippen molar-refractivity contribution in [2.24, 2.45) is 11.8 Å². The zero-order valence-electron chi connectivity index (χ0n) is 18.8. The van der Waals surface area contributed by atoms with Gasteiger partial charge in [-0.1, -0.05) is 74.0 Å². The van der Waals surface area contributed by atoms with Crippen LogP contribution in [-0.4, -0.2) is 31.7 Å². The number of sulfonamides is 1. The molecule has 1 saturated heterocycles. The van der Waals surface area contributed by atoms with Gasteiger partial charge in [-0.15, -0.1) is 0 Å². The highest BCUT2D eigenvalue weighted by atomic mass is 32.2. The number of piperidine rings is 1. The molecule has 0 aromatic heterocycles. The second-order valence-corrected chi connectivity index (χ2v) is 11.0. The number of aryl methyl sites for hydroxylation is 1. The van der Waals surface area contributed by atoms with Crippen LogP contribution in [0, 0.1) is 18.8 Å². The van der Waals surface area contributed by atoms with E-state index in [1.807, 2.05) is 61.5 Å². The van der Waals surface area contributed by atoms with E-state index >= 15 is 0 Å². The Morgan fingerprint density at radius 1 is 1.03 bits per heavy atom. The molecular weight excluding hydrogens is 408 g/mol. The lowest BCUT2D eigenvalue weighted by Gasteiger charge is -2.32. The summed E-state index contributed by atoms with van der Waals surface area (Å²) in [5.41, 5.74) is 3.02. The molecule has 0 bridgehead atoms. The van der Waals surface area contributed by atoms with Gasteiger partial charge in [-0.25, -0.2) is 12.7 Å². The molecule has 1 aliphatic heterocycles. The maximum Gasteiger partial charge on any atom is 0.223 e. The van der Waals surface area contributed by atoms with Crippen LogP contribution >= 0.6 is 0 Å². The van der Waals surface area contributed by atoms with E-state index in [1.165, 1.54) is 0 Å². The Morgan fingerprint density at radius 2 is 1.65 bits per heavy atom. The molecule has 1 amide bonds. The third kappa shape index (κ3) is 6.65. The molecule has 2 aromatic rings. The number of nitrogens with zero attached hydrogens (tertiary/aromatic N) is 1. The lowest BCUT2D eigenvalue weighted by atomic mass is 9.93. The Labute approximate surface area is 186 Å². The second-order valence-electron chi connectivity index (χ2n) is 9.02. The molecule has 3 rings (SSSR count). The number of nitrogens with one attached hydrogen (secondary N) is 1. The van der Waals surface area contributed by atoms with E-state index in [4.69, 9.17) is 0 Å². The summed E-state index contributed by atoms with van der Waals surface area (Å²) in [6, 6.07) is 17.6. The number of rotatable bonds is 8. The number of carbonyl (C=O) groups is 1. The summed E-state index contributed by atoms with van der Waals surface area (Å²) >= 11 is 0. The van der Waals surface area contributed by atoms with E-state index in [-0.39, 0.29) is 23.6 Å². The molecule has 1 heterocycles. The molecule has 31 heavy (non-hydrogen) atoms. The lowest BCUT2D eigenvalue weighted by molar-refractivity contribution is -0.127. The summed E-state index contributed by atoms with van der Waals surface area (Å²) in [6.45, 7) is 7.08. The zero-order valence-corrected chi connectivity index (χ0v) is 19.6. The average Bonchev–Trinajstić information content (AvgIpc) is 2.75. The number of hydrogen-bond acceptors (Lipinski definition) is 3. The smallest absolute Gasteiger partial charge is 0.223 e. The highest BCUT2D eigenvalue weighted by Gasteiger charge is 2.32.